The molecule has 10 heteroatoms. The van der Waals surface area contributed by atoms with Gasteiger partial charge in [0.1, 0.15) is 12.6 Å². The predicted molar refractivity (Wildman–Crippen MR) is 143 cm³/mol. The van der Waals surface area contributed by atoms with Gasteiger partial charge in [0, 0.05) is 40.6 Å². The van der Waals surface area contributed by atoms with Crippen LogP contribution in [-0.2, 0) is 16.0 Å². The minimum absolute atomic E-state index is 0.217. The lowest BCUT2D eigenvalue weighted by Crippen LogP contribution is -2.56. The maximum absolute atomic E-state index is 11.0. The van der Waals surface area contributed by atoms with Crippen molar-refractivity contribution in [3.8, 4) is 0 Å². The largest absolute Gasteiger partial charge is 0.480 e. The predicted octanol–water partition coefficient (Wildman–Crippen LogP) is 3.81. The number of hydrogen-bond donors (Lipinski definition) is 3. The van der Waals surface area contributed by atoms with Gasteiger partial charge < -0.3 is 20.6 Å². The molecule has 0 bridgehead atoms. The molecular weight excluding hydrogens is 498 g/mol. The molecule has 2 heterocycles. The van der Waals surface area contributed by atoms with E-state index in [-0.39, 0.29) is 18.7 Å². The molecule has 36 heavy (non-hydrogen) atoms. The highest BCUT2D eigenvalue weighted by Crippen LogP contribution is 2.38. The quantitative estimate of drug-likeness (QED) is 0.346. The molecule has 0 spiro atoms. The van der Waals surface area contributed by atoms with Gasteiger partial charge in [0.05, 0.1) is 23.0 Å². The topological polar surface area (TPSA) is 118 Å². The molecule has 2 aliphatic rings. The Hall–Kier alpha value is -2.17. The molecule has 1 aliphatic heterocycles. The maximum atomic E-state index is 11.0. The molecule has 2 fully saturated rings. The smallest absolute Gasteiger partial charge is 0.324 e. The summed E-state index contributed by atoms with van der Waals surface area (Å²) in [5.41, 5.74) is 9.13. The first-order valence-corrected chi connectivity index (χ1v) is 13.6. The molecule has 1 saturated carbocycles. The Morgan fingerprint density at radius 1 is 1.28 bits per heavy atom. The zero-order chi connectivity index (χ0) is 25.8. The third kappa shape index (κ3) is 6.77. The summed E-state index contributed by atoms with van der Waals surface area (Å²) in [4.78, 5) is 19.7. The van der Waals surface area contributed by atoms with Crippen LogP contribution < -0.4 is 11.6 Å². The summed E-state index contributed by atoms with van der Waals surface area (Å²) in [5.74, 6) is 5.30. The Morgan fingerprint density at radius 2 is 1.97 bits per heavy atom. The SMILES string of the molecule is Cc1nc(C2CCC(N3CC(/C(N)=C/N(N)CC(=O)O)OCC3Cc3ccc(Cl)cc3)CC2)sc1C. The van der Waals surface area contributed by atoms with Gasteiger partial charge in [-0.05, 0) is 63.6 Å². The number of aliphatic carboxylic acids is 1. The summed E-state index contributed by atoms with van der Waals surface area (Å²) in [6, 6.07) is 8.64. The van der Waals surface area contributed by atoms with E-state index in [1.165, 1.54) is 21.6 Å². The Bertz CT molecular complexity index is 1050. The van der Waals surface area contributed by atoms with Crippen LogP contribution in [0.25, 0.3) is 0 Å². The van der Waals surface area contributed by atoms with E-state index in [2.05, 4.69) is 30.9 Å². The second kappa shape index (κ2) is 11.9. The number of morpholine rings is 1. The number of carboxylic acids is 1. The number of rotatable bonds is 8. The van der Waals surface area contributed by atoms with E-state index in [4.69, 9.17) is 38.0 Å². The molecule has 5 N–H and O–H groups in total. The van der Waals surface area contributed by atoms with Crippen molar-refractivity contribution in [1.82, 2.24) is 14.9 Å². The molecule has 1 aromatic carbocycles. The Balaban J connectivity index is 1.47. The summed E-state index contributed by atoms with van der Waals surface area (Å²) < 4.78 is 6.18. The number of aromatic nitrogens is 1. The van der Waals surface area contributed by atoms with E-state index in [0.717, 1.165) is 47.8 Å². The van der Waals surface area contributed by atoms with Gasteiger partial charge in [0.2, 0.25) is 0 Å². The van der Waals surface area contributed by atoms with Gasteiger partial charge in [-0.3, -0.25) is 9.69 Å². The van der Waals surface area contributed by atoms with E-state index in [0.29, 0.717) is 30.8 Å². The monoisotopic (exact) mass is 533 g/mol. The first-order valence-electron chi connectivity index (χ1n) is 12.5. The summed E-state index contributed by atoms with van der Waals surface area (Å²) in [6.45, 7) is 5.10. The molecule has 0 amide bonds. The third-order valence-electron chi connectivity index (χ3n) is 7.28. The molecule has 4 rings (SSSR count). The zero-order valence-electron chi connectivity index (χ0n) is 20.9. The lowest BCUT2D eigenvalue weighted by molar-refractivity contribution is -0.137. The van der Waals surface area contributed by atoms with Crippen molar-refractivity contribution in [3.05, 3.63) is 62.3 Å². The molecule has 2 unspecified atom stereocenters. The van der Waals surface area contributed by atoms with E-state index in [1.54, 1.807) is 0 Å². The number of ether oxygens (including phenoxy) is 1. The van der Waals surface area contributed by atoms with Crippen molar-refractivity contribution >= 4 is 28.9 Å². The van der Waals surface area contributed by atoms with Gasteiger partial charge >= 0.3 is 5.97 Å². The first-order chi connectivity index (χ1) is 17.2. The summed E-state index contributed by atoms with van der Waals surface area (Å²) in [5, 5.41) is 12.1. The van der Waals surface area contributed by atoms with Crippen LogP contribution in [0.2, 0.25) is 5.02 Å². The number of benzene rings is 1. The summed E-state index contributed by atoms with van der Waals surface area (Å²) in [6.07, 6.45) is 6.42. The Labute approximate surface area is 221 Å². The number of nitrogens with zero attached hydrogens (tertiary/aromatic N) is 3. The fourth-order valence-electron chi connectivity index (χ4n) is 5.24. The molecule has 8 nitrogen and oxygen atoms in total. The van der Waals surface area contributed by atoms with Crippen molar-refractivity contribution in [2.24, 2.45) is 11.6 Å². The second-order valence-corrected chi connectivity index (χ2v) is 11.6. The van der Waals surface area contributed by atoms with Crippen LogP contribution >= 0.6 is 22.9 Å². The van der Waals surface area contributed by atoms with Crippen LogP contribution in [0, 0.1) is 13.8 Å². The average Bonchev–Trinajstić information content (AvgIpc) is 3.18. The Kier molecular flexibility index (Phi) is 8.90. The Morgan fingerprint density at radius 3 is 2.58 bits per heavy atom. The number of carboxylic acid groups (broad SMARTS) is 1. The van der Waals surface area contributed by atoms with Crippen LogP contribution in [0.15, 0.2) is 36.2 Å². The third-order valence-corrected chi connectivity index (χ3v) is 8.77. The molecule has 1 saturated heterocycles. The minimum Gasteiger partial charge on any atom is -0.480 e. The maximum Gasteiger partial charge on any atom is 0.324 e. The summed E-state index contributed by atoms with van der Waals surface area (Å²) >= 11 is 7.93. The van der Waals surface area contributed by atoms with Crippen LogP contribution in [0.4, 0.5) is 0 Å². The van der Waals surface area contributed by atoms with Crippen LogP contribution in [-0.4, -0.2) is 63.9 Å². The van der Waals surface area contributed by atoms with Crippen LogP contribution in [0.5, 0.6) is 0 Å². The molecular formula is C26H36ClN5O3S. The van der Waals surface area contributed by atoms with Gasteiger partial charge in [-0.15, -0.1) is 11.3 Å². The van der Waals surface area contributed by atoms with Crippen LogP contribution in [0.1, 0.15) is 52.7 Å². The normalized spacial score (nSPS) is 25.6. The number of hydrazine groups is 1. The van der Waals surface area contributed by atoms with E-state index in [1.807, 2.05) is 23.5 Å². The van der Waals surface area contributed by atoms with E-state index in [9.17, 15) is 4.79 Å². The highest BCUT2D eigenvalue weighted by molar-refractivity contribution is 7.11. The molecule has 2 aromatic rings. The van der Waals surface area contributed by atoms with Crippen molar-refractivity contribution in [2.75, 3.05) is 19.7 Å². The lowest BCUT2D eigenvalue weighted by Gasteiger charge is -2.46. The van der Waals surface area contributed by atoms with E-state index >= 15 is 0 Å². The van der Waals surface area contributed by atoms with Gasteiger partial charge in [0.25, 0.3) is 0 Å². The molecule has 1 aromatic heterocycles. The standard InChI is InChI=1S/C26H36ClN5O3S/c1-16-17(2)36-26(30-16)19-5-9-21(10-6-19)32-13-24(23(28)12-31(29)14-25(33)34)35-15-22(32)11-18-3-7-20(27)8-4-18/h3-4,7-8,12,19,21-22,24H,5-6,9-11,13-15,28-29H2,1-2H3,(H,33,34)/b23-12-. The number of nitrogens with two attached hydrogens (primary N) is 2. The molecule has 196 valence electrons. The number of aryl methyl sites for hydroxylation is 2. The minimum atomic E-state index is -1.02. The fourth-order valence-corrected chi connectivity index (χ4v) is 6.45. The van der Waals surface area contributed by atoms with E-state index < -0.39 is 5.97 Å². The van der Waals surface area contributed by atoms with Crippen molar-refractivity contribution < 1.29 is 14.6 Å². The number of carbonyl (C=O) groups is 1. The number of hydrogen-bond acceptors (Lipinski definition) is 8. The number of thiazole rings is 1. The van der Waals surface area contributed by atoms with Gasteiger partial charge in [-0.25, -0.2) is 10.8 Å². The van der Waals surface area contributed by atoms with Crippen molar-refractivity contribution in [3.63, 3.8) is 0 Å². The highest BCUT2D eigenvalue weighted by atomic mass is 35.5. The summed E-state index contributed by atoms with van der Waals surface area (Å²) in [7, 11) is 0. The fraction of sp³-hybridized carbons (Fsp3) is 0.538. The highest BCUT2D eigenvalue weighted by Gasteiger charge is 2.37. The van der Waals surface area contributed by atoms with Crippen LogP contribution in [0.3, 0.4) is 0 Å². The van der Waals surface area contributed by atoms with Crippen molar-refractivity contribution in [2.45, 2.75) is 70.1 Å². The molecule has 2 atom stereocenters. The average molecular weight is 534 g/mol. The second-order valence-electron chi connectivity index (χ2n) is 9.90. The molecule has 0 radical (unpaired) electrons. The number of halogens is 1. The lowest BCUT2D eigenvalue weighted by atomic mass is 9.84. The van der Waals surface area contributed by atoms with Gasteiger partial charge in [-0.2, -0.15) is 0 Å². The zero-order valence-corrected chi connectivity index (χ0v) is 22.5. The first kappa shape index (κ1) is 26.9. The molecule has 1 aliphatic carbocycles. The van der Waals surface area contributed by atoms with Gasteiger partial charge in [-0.1, -0.05) is 23.7 Å². The van der Waals surface area contributed by atoms with Gasteiger partial charge in [0.15, 0.2) is 0 Å². The van der Waals surface area contributed by atoms with Crippen molar-refractivity contribution in [1.29, 1.82) is 0 Å².